The number of halogens is 2. The first-order valence-electron chi connectivity index (χ1n) is 6.17. The van der Waals surface area contributed by atoms with Crippen LogP contribution in [0.4, 0.5) is 10.1 Å². The molecule has 0 radical (unpaired) electrons. The van der Waals surface area contributed by atoms with E-state index in [0.717, 1.165) is 10.0 Å². The molecular formula is C15H12BrFN2O. The van der Waals surface area contributed by atoms with Crippen LogP contribution in [-0.2, 0) is 4.79 Å². The van der Waals surface area contributed by atoms with E-state index in [-0.39, 0.29) is 17.8 Å². The standard InChI is InChI=1S/C15H12BrFN2O/c16-10-6-4-9(5-7-10)14-13(18)15(20)19(14)12-3-1-2-11(17)8-12/h1-8,13-14H,18H2/t13-,14-/m0/s1. The zero-order valence-electron chi connectivity index (χ0n) is 10.5. The van der Waals surface area contributed by atoms with Crippen molar-refractivity contribution in [2.75, 3.05) is 4.90 Å². The second-order valence-corrected chi connectivity index (χ2v) is 5.63. The van der Waals surface area contributed by atoms with Gasteiger partial charge in [0, 0.05) is 10.2 Å². The number of nitrogens with zero attached hydrogens (tertiary/aromatic N) is 1. The van der Waals surface area contributed by atoms with Gasteiger partial charge in [0.15, 0.2) is 0 Å². The van der Waals surface area contributed by atoms with Crippen LogP contribution in [0.25, 0.3) is 0 Å². The van der Waals surface area contributed by atoms with Crippen molar-refractivity contribution in [2.24, 2.45) is 5.73 Å². The number of hydrogen-bond donors (Lipinski definition) is 1. The number of benzene rings is 2. The van der Waals surface area contributed by atoms with Gasteiger partial charge in [-0.1, -0.05) is 34.1 Å². The van der Waals surface area contributed by atoms with E-state index in [0.29, 0.717) is 5.69 Å². The van der Waals surface area contributed by atoms with E-state index >= 15 is 0 Å². The Hall–Kier alpha value is -1.72. The third-order valence-corrected chi connectivity index (χ3v) is 3.97. The van der Waals surface area contributed by atoms with Crippen molar-refractivity contribution in [1.82, 2.24) is 0 Å². The maximum atomic E-state index is 13.3. The van der Waals surface area contributed by atoms with E-state index in [4.69, 9.17) is 5.73 Å². The highest BCUT2D eigenvalue weighted by Crippen LogP contribution is 2.38. The number of carbonyl (C=O) groups is 1. The molecule has 102 valence electrons. The molecule has 2 aromatic rings. The molecule has 3 rings (SSSR count). The summed E-state index contributed by atoms with van der Waals surface area (Å²) in [5.74, 6) is -0.561. The smallest absolute Gasteiger partial charge is 0.247 e. The van der Waals surface area contributed by atoms with E-state index in [1.165, 1.54) is 17.0 Å². The van der Waals surface area contributed by atoms with Crippen LogP contribution in [0.1, 0.15) is 11.6 Å². The predicted molar refractivity (Wildman–Crippen MR) is 78.7 cm³/mol. The number of anilines is 1. The summed E-state index contributed by atoms with van der Waals surface area (Å²) < 4.78 is 14.3. The molecule has 3 nitrogen and oxygen atoms in total. The highest BCUT2D eigenvalue weighted by Gasteiger charge is 2.46. The summed E-state index contributed by atoms with van der Waals surface area (Å²) in [4.78, 5) is 13.5. The minimum Gasteiger partial charge on any atom is -0.318 e. The molecule has 0 saturated carbocycles. The Morgan fingerprint density at radius 2 is 1.85 bits per heavy atom. The zero-order valence-corrected chi connectivity index (χ0v) is 12.0. The Morgan fingerprint density at radius 1 is 1.15 bits per heavy atom. The van der Waals surface area contributed by atoms with Crippen LogP contribution in [0.5, 0.6) is 0 Å². The fraction of sp³-hybridized carbons (Fsp3) is 0.133. The van der Waals surface area contributed by atoms with Crippen molar-refractivity contribution in [3.8, 4) is 0 Å². The van der Waals surface area contributed by atoms with Crippen molar-refractivity contribution in [3.63, 3.8) is 0 Å². The van der Waals surface area contributed by atoms with Crippen LogP contribution in [0, 0.1) is 5.82 Å². The van der Waals surface area contributed by atoms with Crippen molar-refractivity contribution in [3.05, 3.63) is 64.4 Å². The van der Waals surface area contributed by atoms with E-state index < -0.39 is 6.04 Å². The van der Waals surface area contributed by atoms with Gasteiger partial charge in [0.05, 0.1) is 6.04 Å². The summed E-state index contributed by atoms with van der Waals surface area (Å²) in [7, 11) is 0. The second kappa shape index (κ2) is 5.00. The molecule has 1 amide bonds. The van der Waals surface area contributed by atoms with Crippen LogP contribution in [-0.4, -0.2) is 11.9 Å². The zero-order chi connectivity index (χ0) is 14.3. The molecule has 5 heteroatoms. The van der Waals surface area contributed by atoms with E-state index in [1.807, 2.05) is 24.3 Å². The molecule has 1 saturated heterocycles. The molecule has 2 atom stereocenters. The van der Waals surface area contributed by atoms with E-state index in [2.05, 4.69) is 15.9 Å². The van der Waals surface area contributed by atoms with Gasteiger partial charge < -0.3 is 10.6 Å². The minimum absolute atomic E-state index is 0.191. The molecule has 0 spiro atoms. The fourth-order valence-electron chi connectivity index (χ4n) is 2.44. The number of rotatable bonds is 2. The summed E-state index contributed by atoms with van der Waals surface area (Å²) in [6, 6.07) is 12.8. The average molecular weight is 335 g/mol. The Labute approximate surface area is 124 Å². The van der Waals surface area contributed by atoms with Crippen LogP contribution in [0.2, 0.25) is 0 Å². The van der Waals surface area contributed by atoms with E-state index in [9.17, 15) is 9.18 Å². The van der Waals surface area contributed by atoms with Gasteiger partial charge in [-0.25, -0.2) is 4.39 Å². The fourth-order valence-corrected chi connectivity index (χ4v) is 2.71. The number of nitrogens with two attached hydrogens (primary N) is 1. The minimum atomic E-state index is -0.584. The van der Waals surface area contributed by atoms with E-state index in [1.54, 1.807) is 12.1 Å². The normalized spacial score (nSPS) is 21.8. The van der Waals surface area contributed by atoms with Gasteiger partial charge in [-0.05, 0) is 35.9 Å². The lowest BCUT2D eigenvalue weighted by molar-refractivity contribution is -0.126. The molecule has 0 bridgehead atoms. The first-order valence-corrected chi connectivity index (χ1v) is 6.97. The van der Waals surface area contributed by atoms with Crippen molar-refractivity contribution < 1.29 is 9.18 Å². The Balaban J connectivity index is 1.97. The van der Waals surface area contributed by atoms with Gasteiger partial charge in [-0.15, -0.1) is 0 Å². The number of carbonyl (C=O) groups excluding carboxylic acids is 1. The lowest BCUT2D eigenvalue weighted by Gasteiger charge is -2.45. The van der Waals surface area contributed by atoms with Gasteiger partial charge in [0.2, 0.25) is 5.91 Å². The van der Waals surface area contributed by atoms with Crippen molar-refractivity contribution >= 4 is 27.5 Å². The maximum absolute atomic E-state index is 13.3. The van der Waals surface area contributed by atoms with Crippen LogP contribution >= 0.6 is 15.9 Å². The summed E-state index contributed by atoms with van der Waals surface area (Å²) in [6.45, 7) is 0. The summed E-state index contributed by atoms with van der Waals surface area (Å²) in [6.07, 6.45) is 0. The van der Waals surface area contributed by atoms with Crippen molar-refractivity contribution in [1.29, 1.82) is 0 Å². The Bertz CT molecular complexity index is 659. The lowest BCUT2D eigenvalue weighted by atomic mass is 9.88. The number of β-lactam (4-membered cyclic amide) rings is 1. The lowest BCUT2D eigenvalue weighted by Crippen LogP contribution is -2.63. The maximum Gasteiger partial charge on any atom is 0.247 e. The van der Waals surface area contributed by atoms with Crippen LogP contribution < -0.4 is 10.6 Å². The predicted octanol–water partition coefficient (Wildman–Crippen LogP) is 3.00. The highest BCUT2D eigenvalue weighted by atomic mass is 79.9. The van der Waals surface area contributed by atoms with Crippen LogP contribution in [0.15, 0.2) is 53.0 Å². The van der Waals surface area contributed by atoms with Gasteiger partial charge in [0.1, 0.15) is 11.9 Å². The molecule has 0 unspecified atom stereocenters. The molecule has 1 aliphatic rings. The second-order valence-electron chi connectivity index (χ2n) is 4.71. The monoisotopic (exact) mass is 334 g/mol. The third kappa shape index (κ3) is 2.13. The molecule has 1 heterocycles. The van der Waals surface area contributed by atoms with Crippen LogP contribution in [0.3, 0.4) is 0 Å². The first-order chi connectivity index (χ1) is 9.58. The number of amides is 1. The molecule has 0 aliphatic carbocycles. The summed E-state index contributed by atoms with van der Waals surface area (Å²) in [5, 5.41) is 0. The SMILES string of the molecule is N[C@@H]1C(=O)N(c2cccc(F)c2)[C@H]1c1ccc(Br)cc1. The van der Waals surface area contributed by atoms with Gasteiger partial charge in [-0.3, -0.25) is 4.79 Å². The highest BCUT2D eigenvalue weighted by molar-refractivity contribution is 9.10. The molecule has 2 aromatic carbocycles. The van der Waals surface area contributed by atoms with Crippen molar-refractivity contribution in [2.45, 2.75) is 12.1 Å². The molecule has 1 aliphatic heterocycles. The van der Waals surface area contributed by atoms with Gasteiger partial charge in [0.25, 0.3) is 0 Å². The Kier molecular flexibility index (Phi) is 3.31. The third-order valence-electron chi connectivity index (χ3n) is 3.44. The Morgan fingerprint density at radius 3 is 2.50 bits per heavy atom. The van der Waals surface area contributed by atoms with Gasteiger partial charge in [-0.2, -0.15) is 0 Å². The van der Waals surface area contributed by atoms with Gasteiger partial charge >= 0.3 is 0 Å². The first kappa shape index (κ1) is 13.3. The molecule has 2 N–H and O–H groups in total. The average Bonchev–Trinajstić information content (AvgIpc) is 2.45. The summed E-state index contributed by atoms with van der Waals surface area (Å²) in [5.41, 5.74) is 7.37. The topological polar surface area (TPSA) is 46.3 Å². The molecular weight excluding hydrogens is 323 g/mol. The molecule has 1 fully saturated rings. The quantitative estimate of drug-likeness (QED) is 0.858. The summed E-state index contributed by atoms with van der Waals surface area (Å²) >= 11 is 3.37. The largest absolute Gasteiger partial charge is 0.318 e. The molecule has 20 heavy (non-hydrogen) atoms. The molecule has 0 aromatic heterocycles. The number of hydrogen-bond acceptors (Lipinski definition) is 2.